The molecule has 1 fully saturated rings. The van der Waals surface area contributed by atoms with Gasteiger partial charge < -0.3 is 34.6 Å². The molecule has 0 radical (unpaired) electrons. The Balaban J connectivity index is 1.60. The van der Waals surface area contributed by atoms with E-state index in [1.807, 2.05) is 49.9 Å². The summed E-state index contributed by atoms with van der Waals surface area (Å²) in [4.78, 5) is 18.5. The zero-order valence-corrected chi connectivity index (χ0v) is 37.2. The smallest absolute Gasteiger partial charge is 0.412 e. The molecular weight excluding hydrogens is 749 g/mol. The lowest BCUT2D eigenvalue weighted by atomic mass is 9.56. The number of thioether (sulfide) groups is 1. The number of nitrogens with zero attached hydrogens (tertiary/aromatic N) is 1. The maximum atomic E-state index is 12.6. The van der Waals surface area contributed by atoms with Crippen molar-refractivity contribution in [2.75, 3.05) is 38.7 Å². The van der Waals surface area contributed by atoms with Gasteiger partial charge in [-0.05, 0) is 87.3 Å². The number of amides is 1. The van der Waals surface area contributed by atoms with Crippen LogP contribution in [0, 0.1) is 17.8 Å². The number of allylic oxidation sites excluding steroid dienone is 1. The second-order valence-electron chi connectivity index (χ2n) is 16.6. The monoisotopic (exact) mass is 827 g/mol. The van der Waals surface area contributed by atoms with Crippen molar-refractivity contribution in [1.82, 2.24) is 5.32 Å². The van der Waals surface area contributed by atoms with Gasteiger partial charge in [0.1, 0.15) is 18.1 Å². The highest BCUT2D eigenvalue weighted by Gasteiger charge is 2.64. The van der Waals surface area contributed by atoms with Crippen LogP contribution in [0.5, 0.6) is 11.5 Å². The summed E-state index contributed by atoms with van der Waals surface area (Å²) in [5, 5.41) is 27.1. The van der Waals surface area contributed by atoms with Crippen molar-refractivity contribution in [3.63, 3.8) is 0 Å². The number of rotatable bonds is 31. The summed E-state index contributed by atoms with van der Waals surface area (Å²) in [7, 11) is 0. The fraction of sp³-hybridized carbons (Fsp3) is 0.750. The maximum absolute atomic E-state index is 12.6. The van der Waals surface area contributed by atoms with Crippen LogP contribution in [0.25, 0.3) is 0 Å². The average molecular weight is 827 g/mol. The van der Waals surface area contributed by atoms with E-state index < -0.39 is 11.9 Å². The summed E-state index contributed by atoms with van der Waals surface area (Å²) < 4.78 is 20.1. The SMILES string of the molecule is C=CCO[C@@]12Oc3ccc(OC(=O)NCC)cc3[C@H]3[C@H](CCCCO)[C@@H](CCCCO)C=C(C(=NOCC)C[C@@H]1SCCCCCCCCCCCCCCCC)[C@H]32. The Morgan fingerprint density at radius 1 is 0.914 bits per heavy atom. The normalized spacial score (nSPS) is 24.1. The number of aliphatic hydroxyl groups excluding tert-OH is 2. The quantitative estimate of drug-likeness (QED) is 0.0385. The van der Waals surface area contributed by atoms with Crippen molar-refractivity contribution in [2.24, 2.45) is 22.9 Å². The molecule has 1 aromatic carbocycles. The molecule has 10 heteroatoms. The van der Waals surface area contributed by atoms with Crippen LogP contribution in [0.1, 0.15) is 167 Å². The van der Waals surface area contributed by atoms with Gasteiger partial charge in [0.2, 0.25) is 5.79 Å². The molecule has 0 unspecified atom stereocenters. The largest absolute Gasteiger partial charge is 0.460 e. The molecule has 0 saturated heterocycles. The van der Waals surface area contributed by atoms with Crippen LogP contribution >= 0.6 is 11.8 Å². The van der Waals surface area contributed by atoms with Gasteiger partial charge in [0.15, 0.2) is 0 Å². The molecule has 1 saturated carbocycles. The van der Waals surface area contributed by atoms with Crippen LogP contribution in [-0.4, -0.2) is 71.8 Å². The highest BCUT2D eigenvalue weighted by atomic mass is 32.2. The van der Waals surface area contributed by atoms with E-state index in [1.165, 1.54) is 83.5 Å². The molecule has 9 nitrogen and oxygen atoms in total. The third-order valence-corrected chi connectivity index (χ3v) is 13.7. The fourth-order valence-electron chi connectivity index (χ4n) is 9.49. The topological polar surface area (TPSA) is 119 Å². The van der Waals surface area contributed by atoms with E-state index in [9.17, 15) is 15.0 Å². The summed E-state index contributed by atoms with van der Waals surface area (Å²) in [5.74, 6) is 1.38. The minimum absolute atomic E-state index is 0.0412. The maximum Gasteiger partial charge on any atom is 0.412 e. The Hall–Kier alpha value is -2.53. The van der Waals surface area contributed by atoms with Crippen molar-refractivity contribution < 1.29 is 34.1 Å². The summed E-state index contributed by atoms with van der Waals surface area (Å²) in [6, 6.07) is 5.75. The van der Waals surface area contributed by atoms with Crippen molar-refractivity contribution in [3.8, 4) is 11.5 Å². The summed E-state index contributed by atoms with van der Waals surface area (Å²) in [6.45, 7) is 11.8. The van der Waals surface area contributed by atoms with E-state index in [0.29, 0.717) is 31.9 Å². The van der Waals surface area contributed by atoms with E-state index in [1.54, 1.807) is 0 Å². The summed E-state index contributed by atoms with van der Waals surface area (Å²) in [6.07, 6.45) is 28.2. The Labute approximate surface area is 355 Å². The van der Waals surface area contributed by atoms with Gasteiger partial charge in [-0.1, -0.05) is 121 Å². The number of benzene rings is 1. The third kappa shape index (κ3) is 14.0. The molecule has 1 aromatic rings. The zero-order valence-electron chi connectivity index (χ0n) is 36.4. The van der Waals surface area contributed by atoms with Crippen molar-refractivity contribution in [1.29, 1.82) is 0 Å². The van der Waals surface area contributed by atoms with E-state index in [4.69, 9.17) is 24.2 Å². The molecule has 0 aromatic heterocycles. The number of carbonyl (C=O) groups is 1. The van der Waals surface area contributed by atoms with Crippen LogP contribution in [-0.2, 0) is 9.57 Å². The number of carbonyl (C=O) groups excluding carboxylic acids is 1. The zero-order chi connectivity index (χ0) is 41.4. The highest BCUT2D eigenvalue weighted by Crippen LogP contribution is 2.62. The molecule has 0 spiro atoms. The molecule has 0 bridgehead atoms. The molecule has 58 heavy (non-hydrogen) atoms. The first-order valence-electron chi connectivity index (χ1n) is 23.2. The second kappa shape index (κ2) is 27.3. The number of hydrogen-bond donors (Lipinski definition) is 3. The Morgan fingerprint density at radius 3 is 2.19 bits per heavy atom. The molecule has 4 rings (SSSR count). The minimum atomic E-state index is -0.989. The predicted octanol–water partition coefficient (Wildman–Crippen LogP) is 11.7. The number of oxime groups is 1. The molecule has 328 valence electrons. The van der Waals surface area contributed by atoms with Gasteiger partial charge in [-0.15, -0.1) is 6.58 Å². The summed E-state index contributed by atoms with van der Waals surface area (Å²) in [5.41, 5.74) is 3.07. The van der Waals surface area contributed by atoms with Gasteiger partial charge in [-0.25, -0.2) is 4.79 Å². The Bertz CT molecular complexity index is 1400. The second-order valence-corrected chi connectivity index (χ2v) is 17.9. The standard InChI is InChI=1S/C48H78N2O7S/c1-5-9-10-11-12-13-14-15-16-17-18-19-20-25-33-58-44-36-42(50-55-8-4)40-34-37(26-21-23-30-51)39(27-22-24-31-52)45-41-35-38(56-47(53)49-7-3)28-29-43(41)57-48(44,46(40)45)54-32-6-2/h6,28-29,34-35,37,39,44-46,51-52H,2,5,7-27,30-33,36H2,1,3-4H3,(H,49,53)/t37-,39+,44-,45+,46+,48+/m0/s1. The number of aliphatic hydroxyl groups is 2. The van der Waals surface area contributed by atoms with E-state index >= 15 is 0 Å². The number of fused-ring (bicyclic) bond motifs is 2. The van der Waals surface area contributed by atoms with Crippen molar-refractivity contribution >= 4 is 23.6 Å². The lowest BCUT2D eigenvalue weighted by molar-refractivity contribution is -0.223. The van der Waals surface area contributed by atoms with Crippen molar-refractivity contribution in [2.45, 2.75) is 173 Å². The van der Waals surface area contributed by atoms with E-state index in [-0.39, 0.29) is 42.1 Å². The Morgan fingerprint density at radius 2 is 1.57 bits per heavy atom. The molecule has 1 aliphatic heterocycles. The van der Waals surface area contributed by atoms with Gasteiger partial charge in [0, 0.05) is 37.7 Å². The first kappa shape index (κ1) is 48.1. The molecule has 3 aliphatic rings. The minimum Gasteiger partial charge on any atom is -0.460 e. The van der Waals surface area contributed by atoms with Crippen molar-refractivity contribution in [3.05, 3.63) is 48.1 Å². The van der Waals surface area contributed by atoms with Crippen LogP contribution in [0.2, 0.25) is 0 Å². The number of hydrogen-bond acceptors (Lipinski definition) is 9. The highest BCUT2D eigenvalue weighted by molar-refractivity contribution is 8.00. The molecule has 3 N–H and O–H groups in total. The average Bonchev–Trinajstić information content (AvgIpc) is 3.22. The molecular formula is C48H78N2O7S. The van der Waals surface area contributed by atoms with Gasteiger partial charge in [0.05, 0.1) is 23.5 Å². The summed E-state index contributed by atoms with van der Waals surface area (Å²) >= 11 is 1.94. The first-order valence-corrected chi connectivity index (χ1v) is 24.3. The van der Waals surface area contributed by atoms with Gasteiger partial charge >= 0.3 is 6.09 Å². The fourth-order valence-corrected chi connectivity index (χ4v) is 10.9. The van der Waals surface area contributed by atoms with Gasteiger partial charge in [0.25, 0.3) is 0 Å². The first-order chi connectivity index (χ1) is 28.5. The van der Waals surface area contributed by atoms with Crippen LogP contribution in [0.4, 0.5) is 4.79 Å². The third-order valence-electron chi connectivity index (χ3n) is 12.3. The lowest BCUT2D eigenvalue weighted by Crippen LogP contribution is -2.64. The predicted molar refractivity (Wildman–Crippen MR) is 239 cm³/mol. The van der Waals surface area contributed by atoms with Crippen LogP contribution < -0.4 is 14.8 Å². The van der Waals surface area contributed by atoms with E-state index in [2.05, 4.69) is 24.9 Å². The van der Waals surface area contributed by atoms with Gasteiger partial charge in [-0.3, -0.25) is 0 Å². The Kier molecular flexibility index (Phi) is 22.7. The molecule has 2 aliphatic carbocycles. The van der Waals surface area contributed by atoms with E-state index in [0.717, 1.165) is 73.3 Å². The van der Waals surface area contributed by atoms with Gasteiger partial charge in [-0.2, -0.15) is 11.8 Å². The molecule has 1 amide bonds. The van der Waals surface area contributed by atoms with Crippen LogP contribution in [0.3, 0.4) is 0 Å². The number of nitrogens with one attached hydrogen (secondary N) is 1. The number of ether oxygens (including phenoxy) is 3. The lowest BCUT2D eigenvalue weighted by Gasteiger charge is -2.58. The number of unbranched alkanes of at least 4 members (excludes halogenated alkanes) is 15. The molecule has 6 atom stereocenters. The van der Waals surface area contributed by atoms with Crippen LogP contribution in [0.15, 0.2) is 47.7 Å². The molecule has 1 heterocycles.